The monoisotopic (exact) mass is 369 g/mol. The molecule has 2 atom stereocenters. The van der Waals surface area contributed by atoms with Crippen LogP contribution in [-0.2, 0) is 17.8 Å². The number of hydrogen-bond donors (Lipinski definition) is 0. The number of aryl methyl sites for hydroxylation is 1. The van der Waals surface area contributed by atoms with Crippen LogP contribution in [0, 0.1) is 11.8 Å². The first-order valence-electron chi connectivity index (χ1n) is 9.31. The summed E-state index contributed by atoms with van der Waals surface area (Å²) in [6, 6.07) is 12.1. The van der Waals surface area contributed by atoms with E-state index in [1.807, 2.05) is 36.5 Å². The summed E-state index contributed by atoms with van der Waals surface area (Å²) < 4.78 is 0. The lowest BCUT2D eigenvalue weighted by atomic mass is 10.0. The minimum Gasteiger partial charge on any atom is -0.342 e. The van der Waals surface area contributed by atoms with Gasteiger partial charge >= 0.3 is 0 Å². The number of benzene rings is 1. The molecule has 4 nitrogen and oxygen atoms in total. The molecule has 2 fully saturated rings. The molecule has 5 heteroatoms. The third-order valence-corrected chi connectivity index (χ3v) is 5.80. The summed E-state index contributed by atoms with van der Waals surface area (Å²) in [5.74, 6) is 1.50. The number of hydrogen-bond acceptors (Lipinski definition) is 3. The van der Waals surface area contributed by atoms with Gasteiger partial charge in [-0.25, -0.2) is 0 Å². The molecule has 1 aromatic carbocycles. The number of carbonyl (C=O) groups excluding carboxylic acids is 1. The second kappa shape index (κ2) is 7.77. The average Bonchev–Trinajstić information content (AvgIpc) is 3.19. The molecule has 0 radical (unpaired) electrons. The lowest BCUT2D eigenvalue weighted by Crippen LogP contribution is -2.33. The summed E-state index contributed by atoms with van der Waals surface area (Å²) >= 11 is 6.09. The van der Waals surface area contributed by atoms with Crippen molar-refractivity contribution in [2.75, 3.05) is 26.2 Å². The number of fused-ring (bicyclic) bond motifs is 1. The van der Waals surface area contributed by atoms with Crippen LogP contribution >= 0.6 is 11.6 Å². The fraction of sp³-hybridized carbons (Fsp3) is 0.429. The first-order valence-corrected chi connectivity index (χ1v) is 9.68. The molecule has 2 aromatic rings. The zero-order valence-corrected chi connectivity index (χ0v) is 15.6. The average molecular weight is 370 g/mol. The predicted octanol–water partition coefficient (Wildman–Crippen LogP) is 3.26. The molecule has 2 aliphatic rings. The second-order valence-corrected chi connectivity index (χ2v) is 7.94. The molecule has 1 amide bonds. The molecule has 0 N–H and O–H groups in total. The van der Waals surface area contributed by atoms with Crippen LogP contribution in [0.3, 0.4) is 0 Å². The predicted molar refractivity (Wildman–Crippen MR) is 103 cm³/mol. The summed E-state index contributed by atoms with van der Waals surface area (Å²) in [5, 5.41) is 0.798. The van der Waals surface area contributed by atoms with Crippen molar-refractivity contribution in [2.45, 2.75) is 19.4 Å². The molecule has 0 aliphatic carbocycles. The van der Waals surface area contributed by atoms with Crippen molar-refractivity contribution in [1.82, 2.24) is 14.8 Å². The Kier molecular flexibility index (Phi) is 5.23. The van der Waals surface area contributed by atoms with Crippen molar-refractivity contribution in [2.24, 2.45) is 11.8 Å². The Bertz CT molecular complexity index is 753. The number of carbonyl (C=O) groups is 1. The van der Waals surface area contributed by atoms with Crippen LogP contribution in [0.15, 0.2) is 48.8 Å². The fourth-order valence-electron chi connectivity index (χ4n) is 4.27. The van der Waals surface area contributed by atoms with Crippen LogP contribution in [0.1, 0.15) is 17.5 Å². The second-order valence-electron chi connectivity index (χ2n) is 7.50. The highest BCUT2D eigenvalue weighted by molar-refractivity contribution is 6.30. The van der Waals surface area contributed by atoms with Gasteiger partial charge in [0.2, 0.25) is 5.91 Å². The van der Waals surface area contributed by atoms with Gasteiger partial charge in [-0.15, -0.1) is 0 Å². The van der Waals surface area contributed by atoms with E-state index in [2.05, 4.69) is 20.9 Å². The summed E-state index contributed by atoms with van der Waals surface area (Å²) in [5.41, 5.74) is 2.40. The molecular formula is C21H24ClN3O. The zero-order valence-electron chi connectivity index (χ0n) is 14.9. The molecule has 2 saturated heterocycles. The van der Waals surface area contributed by atoms with Crippen LogP contribution in [0.25, 0.3) is 0 Å². The molecule has 2 aliphatic heterocycles. The van der Waals surface area contributed by atoms with Crippen molar-refractivity contribution in [3.63, 3.8) is 0 Å². The maximum Gasteiger partial charge on any atom is 0.222 e. The lowest BCUT2D eigenvalue weighted by Gasteiger charge is -2.22. The topological polar surface area (TPSA) is 36.4 Å². The minimum atomic E-state index is 0.282. The van der Waals surface area contributed by atoms with Gasteiger partial charge in [-0.2, -0.15) is 0 Å². The van der Waals surface area contributed by atoms with Gasteiger partial charge in [0.15, 0.2) is 0 Å². The number of nitrogens with zero attached hydrogens (tertiary/aromatic N) is 3. The van der Waals surface area contributed by atoms with Crippen molar-refractivity contribution in [3.8, 4) is 0 Å². The SMILES string of the molecule is O=C(CCc1cccnc1)N1CC2CN(Cc3cccc(Cl)c3)CC2C1. The number of pyridine rings is 1. The van der Waals surface area contributed by atoms with Gasteiger partial charge in [0.1, 0.15) is 0 Å². The molecule has 2 unspecified atom stereocenters. The van der Waals surface area contributed by atoms with Gasteiger partial charge in [-0.3, -0.25) is 14.7 Å². The Morgan fingerprint density at radius 3 is 2.54 bits per heavy atom. The van der Waals surface area contributed by atoms with Gasteiger partial charge in [0.25, 0.3) is 0 Å². The van der Waals surface area contributed by atoms with E-state index in [1.54, 1.807) is 6.20 Å². The van der Waals surface area contributed by atoms with Crippen molar-refractivity contribution < 1.29 is 4.79 Å². The number of amides is 1. The summed E-state index contributed by atoms with van der Waals surface area (Å²) in [4.78, 5) is 21.2. The van der Waals surface area contributed by atoms with Gasteiger partial charge in [0.05, 0.1) is 0 Å². The van der Waals surface area contributed by atoms with E-state index in [1.165, 1.54) is 5.56 Å². The molecular weight excluding hydrogens is 346 g/mol. The molecule has 136 valence electrons. The standard InChI is InChI=1S/C21H24ClN3O/c22-20-5-1-3-17(9-20)11-24-12-18-14-25(15-19(18)13-24)21(26)7-6-16-4-2-8-23-10-16/h1-5,8-10,18-19H,6-7,11-15H2. The highest BCUT2D eigenvalue weighted by Crippen LogP contribution is 2.32. The Morgan fingerprint density at radius 2 is 1.85 bits per heavy atom. The third kappa shape index (κ3) is 4.08. The van der Waals surface area contributed by atoms with Crippen LogP contribution < -0.4 is 0 Å². The first kappa shape index (κ1) is 17.5. The molecule has 1 aromatic heterocycles. The Morgan fingerprint density at radius 1 is 1.08 bits per heavy atom. The van der Waals surface area contributed by atoms with Crippen LogP contribution in [-0.4, -0.2) is 46.9 Å². The third-order valence-electron chi connectivity index (χ3n) is 5.56. The van der Waals surface area contributed by atoms with Crippen LogP contribution in [0.4, 0.5) is 0 Å². The maximum atomic E-state index is 12.5. The minimum absolute atomic E-state index is 0.282. The van der Waals surface area contributed by atoms with Crippen molar-refractivity contribution in [1.29, 1.82) is 0 Å². The normalized spacial score (nSPS) is 22.6. The quantitative estimate of drug-likeness (QED) is 0.811. The highest BCUT2D eigenvalue weighted by Gasteiger charge is 2.41. The van der Waals surface area contributed by atoms with Gasteiger partial charge in [-0.1, -0.05) is 29.8 Å². The molecule has 26 heavy (non-hydrogen) atoms. The first-order chi connectivity index (χ1) is 12.7. The smallest absolute Gasteiger partial charge is 0.222 e. The highest BCUT2D eigenvalue weighted by atomic mass is 35.5. The maximum absolute atomic E-state index is 12.5. The number of rotatable bonds is 5. The Labute approximate surface area is 159 Å². The van der Waals surface area contributed by atoms with E-state index >= 15 is 0 Å². The van der Waals surface area contributed by atoms with Crippen LogP contribution in [0.2, 0.25) is 5.02 Å². The molecule has 0 spiro atoms. The van der Waals surface area contributed by atoms with Gasteiger partial charge in [-0.05, 0) is 47.6 Å². The molecule has 0 bridgehead atoms. The largest absolute Gasteiger partial charge is 0.342 e. The van der Waals surface area contributed by atoms with Crippen LogP contribution in [0.5, 0.6) is 0 Å². The van der Waals surface area contributed by atoms with Gasteiger partial charge in [0, 0.05) is 56.6 Å². The lowest BCUT2D eigenvalue weighted by molar-refractivity contribution is -0.130. The van der Waals surface area contributed by atoms with E-state index in [0.29, 0.717) is 18.3 Å². The number of halogens is 1. The van der Waals surface area contributed by atoms with E-state index in [0.717, 1.165) is 49.7 Å². The van der Waals surface area contributed by atoms with Crippen molar-refractivity contribution >= 4 is 17.5 Å². The Hall–Kier alpha value is -1.91. The van der Waals surface area contributed by atoms with Crippen molar-refractivity contribution in [3.05, 3.63) is 64.9 Å². The zero-order chi connectivity index (χ0) is 17.9. The summed E-state index contributed by atoms with van der Waals surface area (Å²) in [6.07, 6.45) is 4.97. The molecule has 3 heterocycles. The Balaban J connectivity index is 1.26. The molecule has 4 rings (SSSR count). The van der Waals surface area contributed by atoms with Gasteiger partial charge < -0.3 is 4.90 Å². The van der Waals surface area contributed by atoms with E-state index in [9.17, 15) is 4.79 Å². The summed E-state index contributed by atoms with van der Waals surface area (Å²) in [7, 11) is 0. The van der Waals surface area contributed by atoms with E-state index in [4.69, 9.17) is 11.6 Å². The van der Waals surface area contributed by atoms with E-state index in [-0.39, 0.29) is 5.91 Å². The molecule has 0 saturated carbocycles. The fourth-order valence-corrected chi connectivity index (χ4v) is 4.48. The number of likely N-dealkylation sites (tertiary alicyclic amines) is 2. The number of aromatic nitrogens is 1. The van der Waals surface area contributed by atoms with E-state index < -0.39 is 0 Å². The summed E-state index contributed by atoms with van der Waals surface area (Å²) in [6.45, 7) is 4.90.